The van der Waals surface area contributed by atoms with Gasteiger partial charge in [-0.1, -0.05) is 47.5 Å². The number of ether oxygens (including phenoxy) is 1. The summed E-state index contributed by atoms with van der Waals surface area (Å²) in [6, 6.07) is 22.8. The molecule has 5 heteroatoms. The lowest BCUT2D eigenvalue weighted by atomic mass is 10.2. The quantitative estimate of drug-likeness (QED) is 0.423. The van der Waals surface area contributed by atoms with E-state index in [1.165, 1.54) is 0 Å². The van der Waals surface area contributed by atoms with Crippen LogP contribution in [0, 0.1) is 0 Å². The summed E-state index contributed by atoms with van der Waals surface area (Å²) in [6.45, 7) is 0.401. The molecule has 3 aromatic carbocycles. The average Bonchev–Trinajstić information content (AvgIpc) is 2.68. The van der Waals surface area contributed by atoms with Gasteiger partial charge in [-0.05, 0) is 54.1 Å². The highest BCUT2D eigenvalue weighted by molar-refractivity contribution is 6.30. The third-order valence-electron chi connectivity index (χ3n) is 3.96. The largest absolute Gasteiger partial charge is 0.472 e. The second-order valence-corrected chi connectivity index (χ2v) is 6.66. The summed E-state index contributed by atoms with van der Waals surface area (Å²) in [7, 11) is 0. The van der Waals surface area contributed by atoms with Crippen LogP contribution in [-0.4, -0.2) is 9.97 Å². The van der Waals surface area contributed by atoms with Gasteiger partial charge in [-0.2, -0.15) is 4.98 Å². The van der Waals surface area contributed by atoms with Crippen molar-refractivity contribution in [3.63, 3.8) is 0 Å². The van der Waals surface area contributed by atoms with Gasteiger partial charge in [-0.15, -0.1) is 0 Å². The lowest BCUT2D eigenvalue weighted by Gasteiger charge is -2.11. The summed E-state index contributed by atoms with van der Waals surface area (Å²) in [4.78, 5) is 9.28. The van der Waals surface area contributed by atoms with Crippen molar-refractivity contribution in [1.29, 1.82) is 0 Å². The number of halogens is 2. The topological polar surface area (TPSA) is 35.0 Å². The fourth-order valence-corrected chi connectivity index (χ4v) is 2.87. The molecular weight excluding hydrogens is 367 g/mol. The molecule has 0 spiro atoms. The SMILES string of the molecule is Clc1ccc(COc2nc(-c3ccc(Cl)cc3)nc3ccccc23)cc1. The maximum Gasteiger partial charge on any atom is 0.225 e. The zero-order valence-electron chi connectivity index (χ0n) is 13.7. The predicted molar refractivity (Wildman–Crippen MR) is 106 cm³/mol. The van der Waals surface area contributed by atoms with Crippen LogP contribution in [0.15, 0.2) is 72.8 Å². The maximum atomic E-state index is 6.01. The smallest absolute Gasteiger partial charge is 0.225 e. The highest BCUT2D eigenvalue weighted by atomic mass is 35.5. The van der Waals surface area contributed by atoms with Crippen LogP contribution in [0.5, 0.6) is 5.88 Å². The van der Waals surface area contributed by atoms with Crippen LogP contribution < -0.4 is 4.74 Å². The lowest BCUT2D eigenvalue weighted by molar-refractivity contribution is 0.298. The molecule has 0 aliphatic rings. The van der Waals surface area contributed by atoms with E-state index in [4.69, 9.17) is 27.9 Å². The van der Waals surface area contributed by atoms with Crippen molar-refractivity contribution in [1.82, 2.24) is 9.97 Å². The molecule has 0 fully saturated rings. The van der Waals surface area contributed by atoms with Gasteiger partial charge in [0.25, 0.3) is 0 Å². The molecule has 0 radical (unpaired) electrons. The number of aromatic nitrogens is 2. The summed E-state index contributed by atoms with van der Waals surface area (Å²) in [5.41, 5.74) is 2.74. The van der Waals surface area contributed by atoms with Crippen LogP contribution in [0.4, 0.5) is 0 Å². The molecule has 0 saturated heterocycles. The average molecular weight is 381 g/mol. The Bertz CT molecular complexity index is 1050. The zero-order valence-corrected chi connectivity index (χ0v) is 15.2. The Morgan fingerprint density at radius 2 is 1.38 bits per heavy atom. The van der Waals surface area contributed by atoms with E-state index in [9.17, 15) is 0 Å². The summed E-state index contributed by atoms with van der Waals surface area (Å²) in [5.74, 6) is 1.15. The summed E-state index contributed by atoms with van der Waals surface area (Å²) >= 11 is 11.9. The van der Waals surface area contributed by atoms with E-state index in [1.54, 1.807) is 0 Å². The number of nitrogens with zero attached hydrogens (tertiary/aromatic N) is 2. The standard InChI is InChI=1S/C21H14Cl2N2O/c22-16-9-5-14(6-10-16)13-26-21-18-3-1-2-4-19(18)24-20(25-21)15-7-11-17(23)12-8-15/h1-12H,13H2. The molecule has 26 heavy (non-hydrogen) atoms. The molecule has 0 bridgehead atoms. The molecule has 0 amide bonds. The van der Waals surface area contributed by atoms with Crippen LogP contribution >= 0.6 is 23.2 Å². The molecule has 0 atom stereocenters. The predicted octanol–water partition coefficient (Wildman–Crippen LogP) is 6.18. The minimum Gasteiger partial charge on any atom is -0.472 e. The molecule has 1 heterocycles. The summed E-state index contributed by atoms with van der Waals surface area (Å²) < 4.78 is 6.01. The first-order valence-electron chi connectivity index (χ1n) is 8.09. The van der Waals surface area contributed by atoms with E-state index in [0.29, 0.717) is 28.4 Å². The molecule has 0 saturated carbocycles. The molecule has 128 valence electrons. The third kappa shape index (κ3) is 3.64. The molecule has 0 aliphatic carbocycles. The van der Waals surface area contributed by atoms with Gasteiger partial charge in [-0.25, -0.2) is 4.98 Å². The zero-order chi connectivity index (χ0) is 17.9. The molecular formula is C21H14Cl2N2O. The number of para-hydroxylation sites is 1. The minimum atomic E-state index is 0.401. The Labute approximate surface area is 161 Å². The van der Waals surface area contributed by atoms with Gasteiger partial charge in [0.15, 0.2) is 5.82 Å². The Kier molecular flexibility index (Phi) is 4.74. The van der Waals surface area contributed by atoms with E-state index in [2.05, 4.69) is 9.97 Å². The number of benzene rings is 3. The molecule has 4 rings (SSSR count). The van der Waals surface area contributed by atoms with Crippen LogP contribution in [0.2, 0.25) is 10.0 Å². The van der Waals surface area contributed by atoms with Gasteiger partial charge in [-0.3, -0.25) is 0 Å². The van der Waals surface area contributed by atoms with Crippen molar-refractivity contribution in [2.24, 2.45) is 0 Å². The van der Waals surface area contributed by atoms with Crippen LogP contribution in [-0.2, 0) is 6.61 Å². The lowest BCUT2D eigenvalue weighted by Crippen LogP contribution is -2.00. The van der Waals surface area contributed by atoms with Crippen molar-refractivity contribution in [3.05, 3.63) is 88.4 Å². The first kappa shape index (κ1) is 16.8. The normalized spacial score (nSPS) is 10.8. The van der Waals surface area contributed by atoms with Crippen LogP contribution in [0.3, 0.4) is 0 Å². The molecule has 0 unspecified atom stereocenters. The molecule has 0 N–H and O–H groups in total. The Morgan fingerprint density at radius 1 is 0.731 bits per heavy atom. The van der Waals surface area contributed by atoms with E-state index in [-0.39, 0.29) is 0 Å². The van der Waals surface area contributed by atoms with Gasteiger partial charge >= 0.3 is 0 Å². The van der Waals surface area contributed by atoms with Gasteiger partial charge in [0.2, 0.25) is 5.88 Å². The Hall–Kier alpha value is -2.62. The highest BCUT2D eigenvalue weighted by Crippen LogP contribution is 2.27. The molecule has 1 aromatic heterocycles. The van der Waals surface area contributed by atoms with Crippen LogP contribution in [0.1, 0.15) is 5.56 Å². The van der Waals surface area contributed by atoms with Crippen molar-refractivity contribution < 1.29 is 4.74 Å². The van der Waals surface area contributed by atoms with Crippen LogP contribution in [0.25, 0.3) is 22.3 Å². The van der Waals surface area contributed by atoms with E-state index in [1.807, 2.05) is 72.8 Å². The van der Waals surface area contributed by atoms with Crippen molar-refractivity contribution in [3.8, 4) is 17.3 Å². The minimum absolute atomic E-state index is 0.401. The van der Waals surface area contributed by atoms with Gasteiger partial charge in [0, 0.05) is 15.6 Å². The first-order chi connectivity index (χ1) is 12.7. The second-order valence-electron chi connectivity index (χ2n) is 5.79. The van der Waals surface area contributed by atoms with Crippen molar-refractivity contribution in [2.45, 2.75) is 6.61 Å². The highest BCUT2D eigenvalue weighted by Gasteiger charge is 2.10. The number of fused-ring (bicyclic) bond motifs is 1. The number of hydrogen-bond donors (Lipinski definition) is 0. The van der Waals surface area contributed by atoms with Gasteiger partial charge < -0.3 is 4.74 Å². The monoisotopic (exact) mass is 380 g/mol. The van der Waals surface area contributed by atoms with Gasteiger partial charge in [0.1, 0.15) is 6.61 Å². The molecule has 3 nitrogen and oxygen atoms in total. The second kappa shape index (κ2) is 7.32. The third-order valence-corrected chi connectivity index (χ3v) is 4.46. The molecule has 0 aliphatic heterocycles. The fraction of sp³-hybridized carbons (Fsp3) is 0.0476. The van der Waals surface area contributed by atoms with E-state index >= 15 is 0 Å². The van der Waals surface area contributed by atoms with E-state index in [0.717, 1.165) is 22.0 Å². The Balaban J connectivity index is 1.72. The maximum absolute atomic E-state index is 6.01. The number of rotatable bonds is 4. The molecule has 4 aromatic rings. The van der Waals surface area contributed by atoms with E-state index < -0.39 is 0 Å². The Morgan fingerprint density at radius 3 is 2.12 bits per heavy atom. The first-order valence-corrected chi connectivity index (χ1v) is 8.84. The number of hydrogen-bond acceptors (Lipinski definition) is 3. The van der Waals surface area contributed by atoms with Crippen molar-refractivity contribution in [2.75, 3.05) is 0 Å². The van der Waals surface area contributed by atoms with Gasteiger partial charge in [0.05, 0.1) is 10.9 Å². The summed E-state index contributed by atoms with van der Waals surface area (Å²) in [5, 5.41) is 2.25. The summed E-state index contributed by atoms with van der Waals surface area (Å²) in [6.07, 6.45) is 0. The van der Waals surface area contributed by atoms with Crippen molar-refractivity contribution >= 4 is 34.1 Å². The fourth-order valence-electron chi connectivity index (χ4n) is 2.62.